The van der Waals surface area contributed by atoms with Crippen molar-refractivity contribution >= 4 is 0 Å². The summed E-state index contributed by atoms with van der Waals surface area (Å²) in [4.78, 5) is 0. The van der Waals surface area contributed by atoms with Crippen LogP contribution in [0.3, 0.4) is 0 Å². The van der Waals surface area contributed by atoms with E-state index in [9.17, 15) is 0 Å². The van der Waals surface area contributed by atoms with Crippen molar-refractivity contribution in [1.82, 2.24) is 0 Å². The summed E-state index contributed by atoms with van der Waals surface area (Å²) in [7, 11) is 0. The number of benzene rings is 1. The molecule has 0 fully saturated rings. The van der Waals surface area contributed by atoms with Crippen molar-refractivity contribution in [1.29, 1.82) is 0 Å². The molecule has 2 N–H and O–H groups in total. The third kappa shape index (κ3) is 3.38. The third-order valence-electron chi connectivity index (χ3n) is 2.04. The summed E-state index contributed by atoms with van der Waals surface area (Å²) < 4.78 is 5.53. The van der Waals surface area contributed by atoms with Crippen LogP contribution in [-0.4, -0.2) is 12.6 Å². The van der Waals surface area contributed by atoms with Gasteiger partial charge < -0.3 is 10.5 Å². The lowest BCUT2D eigenvalue weighted by atomic mass is 10.0. The largest absolute Gasteiger partial charge is 0.492 e. The molecular formula is C12H19NO. The highest BCUT2D eigenvalue weighted by Gasteiger charge is 2.01. The fourth-order valence-electron chi connectivity index (χ4n) is 1.19. The Morgan fingerprint density at radius 1 is 1.29 bits per heavy atom. The predicted octanol–water partition coefficient (Wildman–Crippen LogP) is 2.54. The van der Waals surface area contributed by atoms with Gasteiger partial charge in [0.25, 0.3) is 0 Å². The Balaban J connectivity index is 2.64. The SMILES string of the molecule is CC(C)c1cccc(OC[C@@H](C)N)c1. The Labute approximate surface area is 86.1 Å². The van der Waals surface area contributed by atoms with Crippen LogP contribution in [0.15, 0.2) is 24.3 Å². The molecule has 0 heterocycles. The molecule has 2 heteroatoms. The average molecular weight is 193 g/mol. The van der Waals surface area contributed by atoms with Crippen molar-refractivity contribution in [3.63, 3.8) is 0 Å². The van der Waals surface area contributed by atoms with E-state index in [1.54, 1.807) is 0 Å². The highest BCUT2D eigenvalue weighted by Crippen LogP contribution is 2.19. The second kappa shape index (κ2) is 5.01. The Kier molecular flexibility index (Phi) is 3.96. The molecule has 2 nitrogen and oxygen atoms in total. The molecule has 0 aliphatic heterocycles. The molecule has 1 aromatic carbocycles. The van der Waals surface area contributed by atoms with E-state index in [-0.39, 0.29) is 6.04 Å². The fraction of sp³-hybridized carbons (Fsp3) is 0.500. The van der Waals surface area contributed by atoms with E-state index < -0.39 is 0 Å². The monoisotopic (exact) mass is 193 g/mol. The molecule has 0 unspecified atom stereocenters. The van der Waals surface area contributed by atoms with Gasteiger partial charge >= 0.3 is 0 Å². The van der Waals surface area contributed by atoms with Gasteiger partial charge in [-0.1, -0.05) is 26.0 Å². The van der Waals surface area contributed by atoms with E-state index in [0.29, 0.717) is 12.5 Å². The number of hydrogen-bond acceptors (Lipinski definition) is 2. The number of ether oxygens (including phenoxy) is 1. The van der Waals surface area contributed by atoms with Crippen LogP contribution in [0.4, 0.5) is 0 Å². The van der Waals surface area contributed by atoms with Crippen LogP contribution in [0.1, 0.15) is 32.3 Å². The maximum Gasteiger partial charge on any atom is 0.119 e. The zero-order valence-corrected chi connectivity index (χ0v) is 9.16. The summed E-state index contributed by atoms with van der Waals surface area (Å²) >= 11 is 0. The molecule has 1 rings (SSSR count). The van der Waals surface area contributed by atoms with E-state index in [4.69, 9.17) is 10.5 Å². The minimum atomic E-state index is 0.0812. The summed E-state index contributed by atoms with van der Waals surface area (Å²) in [5.74, 6) is 1.45. The first kappa shape index (κ1) is 11.1. The Morgan fingerprint density at radius 3 is 2.57 bits per heavy atom. The highest BCUT2D eigenvalue weighted by molar-refractivity contribution is 5.30. The fourth-order valence-corrected chi connectivity index (χ4v) is 1.19. The van der Waals surface area contributed by atoms with Gasteiger partial charge in [-0.15, -0.1) is 0 Å². The van der Waals surface area contributed by atoms with E-state index in [0.717, 1.165) is 5.75 Å². The van der Waals surface area contributed by atoms with Crippen LogP contribution in [-0.2, 0) is 0 Å². The predicted molar refractivity (Wildman–Crippen MR) is 59.7 cm³/mol. The van der Waals surface area contributed by atoms with Crippen LogP contribution in [0.5, 0.6) is 5.75 Å². The van der Waals surface area contributed by atoms with Crippen molar-refractivity contribution in [3.8, 4) is 5.75 Å². The summed E-state index contributed by atoms with van der Waals surface area (Å²) in [5.41, 5.74) is 6.91. The Hall–Kier alpha value is -1.02. The van der Waals surface area contributed by atoms with E-state index in [1.165, 1.54) is 5.56 Å². The first-order valence-corrected chi connectivity index (χ1v) is 5.08. The summed E-state index contributed by atoms with van der Waals surface area (Å²) in [6.07, 6.45) is 0. The molecule has 0 saturated carbocycles. The van der Waals surface area contributed by atoms with Gasteiger partial charge in [0, 0.05) is 6.04 Å². The van der Waals surface area contributed by atoms with Gasteiger partial charge in [0.1, 0.15) is 12.4 Å². The Morgan fingerprint density at radius 2 is 2.00 bits per heavy atom. The lowest BCUT2D eigenvalue weighted by molar-refractivity contribution is 0.296. The molecular weight excluding hydrogens is 174 g/mol. The van der Waals surface area contributed by atoms with Gasteiger partial charge in [-0.3, -0.25) is 0 Å². The van der Waals surface area contributed by atoms with Gasteiger partial charge in [0.2, 0.25) is 0 Å². The highest BCUT2D eigenvalue weighted by atomic mass is 16.5. The minimum Gasteiger partial charge on any atom is -0.492 e. The summed E-state index contributed by atoms with van der Waals surface area (Å²) in [6.45, 7) is 6.85. The molecule has 1 aromatic rings. The second-order valence-electron chi connectivity index (χ2n) is 4.02. The standard InChI is InChI=1S/C12H19NO/c1-9(2)11-5-4-6-12(7-11)14-8-10(3)13/h4-7,9-10H,8,13H2,1-3H3/t10-/m1/s1. The zero-order valence-electron chi connectivity index (χ0n) is 9.16. The van der Waals surface area contributed by atoms with Gasteiger partial charge in [0.15, 0.2) is 0 Å². The number of nitrogens with two attached hydrogens (primary N) is 1. The van der Waals surface area contributed by atoms with Crippen molar-refractivity contribution in [3.05, 3.63) is 29.8 Å². The van der Waals surface area contributed by atoms with E-state index >= 15 is 0 Å². The molecule has 0 saturated heterocycles. The molecule has 0 aromatic heterocycles. The topological polar surface area (TPSA) is 35.2 Å². The molecule has 0 aliphatic rings. The van der Waals surface area contributed by atoms with Crippen LogP contribution in [0.2, 0.25) is 0 Å². The summed E-state index contributed by atoms with van der Waals surface area (Å²) in [5, 5.41) is 0. The van der Waals surface area contributed by atoms with Gasteiger partial charge in [-0.25, -0.2) is 0 Å². The maximum absolute atomic E-state index is 5.61. The van der Waals surface area contributed by atoms with Gasteiger partial charge in [0.05, 0.1) is 0 Å². The molecule has 0 spiro atoms. The van der Waals surface area contributed by atoms with Gasteiger partial charge in [-0.2, -0.15) is 0 Å². The summed E-state index contributed by atoms with van der Waals surface area (Å²) in [6, 6.07) is 8.26. The molecule has 0 radical (unpaired) electrons. The lowest BCUT2D eigenvalue weighted by Gasteiger charge is -2.11. The first-order valence-electron chi connectivity index (χ1n) is 5.08. The molecule has 0 amide bonds. The van der Waals surface area contributed by atoms with Crippen LogP contribution in [0, 0.1) is 0 Å². The molecule has 14 heavy (non-hydrogen) atoms. The Bertz CT molecular complexity index is 281. The van der Waals surface area contributed by atoms with E-state index in [1.807, 2.05) is 19.1 Å². The van der Waals surface area contributed by atoms with E-state index in [2.05, 4.69) is 26.0 Å². The quantitative estimate of drug-likeness (QED) is 0.797. The van der Waals surface area contributed by atoms with Crippen LogP contribution >= 0.6 is 0 Å². The average Bonchev–Trinajstić information content (AvgIpc) is 2.15. The zero-order chi connectivity index (χ0) is 10.6. The molecule has 1 atom stereocenters. The second-order valence-corrected chi connectivity index (χ2v) is 4.02. The van der Waals surface area contributed by atoms with Crippen LogP contribution in [0.25, 0.3) is 0 Å². The van der Waals surface area contributed by atoms with Crippen molar-refractivity contribution in [2.45, 2.75) is 32.7 Å². The smallest absolute Gasteiger partial charge is 0.119 e. The maximum atomic E-state index is 5.61. The lowest BCUT2D eigenvalue weighted by Crippen LogP contribution is -2.23. The first-order chi connectivity index (χ1) is 6.59. The van der Waals surface area contributed by atoms with Crippen LogP contribution < -0.4 is 10.5 Å². The van der Waals surface area contributed by atoms with Crippen molar-refractivity contribution < 1.29 is 4.74 Å². The molecule has 0 aliphatic carbocycles. The molecule has 78 valence electrons. The van der Waals surface area contributed by atoms with Gasteiger partial charge in [-0.05, 0) is 30.5 Å². The number of rotatable bonds is 4. The normalized spacial score (nSPS) is 12.9. The van der Waals surface area contributed by atoms with Crippen molar-refractivity contribution in [2.75, 3.05) is 6.61 Å². The van der Waals surface area contributed by atoms with Crippen molar-refractivity contribution in [2.24, 2.45) is 5.73 Å². The third-order valence-corrected chi connectivity index (χ3v) is 2.04. The number of hydrogen-bond donors (Lipinski definition) is 1. The molecule has 0 bridgehead atoms. The minimum absolute atomic E-state index is 0.0812.